The third-order valence-electron chi connectivity index (χ3n) is 2.86. The van der Waals surface area contributed by atoms with E-state index in [1.807, 2.05) is 26.0 Å². The number of hydrogen-bond donors (Lipinski definition) is 2. The number of H-pyrrole nitrogens is 1. The van der Waals surface area contributed by atoms with Crippen LogP contribution in [-0.4, -0.2) is 21.9 Å². The molecule has 0 spiro atoms. The molecule has 0 unspecified atom stereocenters. The zero-order valence-electron chi connectivity index (χ0n) is 11.7. The highest BCUT2D eigenvalue weighted by Crippen LogP contribution is 2.28. The number of methoxy groups -OCH3 is 1. The molecular formula is C13H18N4O2S. The molecule has 6 nitrogen and oxygen atoms in total. The van der Waals surface area contributed by atoms with Crippen LogP contribution in [0.15, 0.2) is 28.2 Å². The van der Waals surface area contributed by atoms with E-state index in [1.54, 1.807) is 17.7 Å². The number of aromatic amines is 1. The monoisotopic (exact) mass is 294 g/mol. The molecule has 0 aliphatic carbocycles. The molecule has 108 valence electrons. The van der Waals surface area contributed by atoms with Crippen LogP contribution in [0.3, 0.4) is 0 Å². The van der Waals surface area contributed by atoms with E-state index in [-0.39, 0.29) is 11.7 Å². The van der Waals surface area contributed by atoms with E-state index >= 15 is 0 Å². The van der Waals surface area contributed by atoms with Crippen molar-refractivity contribution >= 4 is 17.4 Å². The number of rotatable bonds is 5. The summed E-state index contributed by atoms with van der Waals surface area (Å²) in [6.45, 7) is 3.90. The second-order valence-electron chi connectivity index (χ2n) is 4.64. The van der Waals surface area contributed by atoms with Crippen molar-refractivity contribution in [3.05, 3.63) is 34.2 Å². The van der Waals surface area contributed by atoms with Gasteiger partial charge in [-0.05, 0) is 19.9 Å². The van der Waals surface area contributed by atoms with Crippen molar-refractivity contribution in [2.45, 2.75) is 30.8 Å². The number of aromatic nitrogens is 3. The molecule has 0 saturated carbocycles. The van der Waals surface area contributed by atoms with Crippen molar-refractivity contribution < 1.29 is 4.74 Å². The van der Waals surface area contributed by atoms with Gasteiger partial charge in [0.15, 0.2) is 5.16 Å². The molecule has 0 amide bonds. The van der Waals surface area contributed by atoms with Gasteiger partial charge < -0.3 is 10.5 Å². The Hall–Kier alpha value is -1.89. The van der Waals surface area contributed by atoms with Gasteiger partial charge >= 0.3 is 5.69 Å². The van der Waals surface area contributed by atoms with E-state index in [9.17, 15) is 4.79 Å². The van der Waals surface area contributed by atoms with Gasteiger partial charge in [-0.25, -0.2) is 9.89 Å². The Labute approximate surface area is 121 Å². The number of anilines is 1. The molecule has 1 heterocycles. The fourth-order valence-electron chi connectivity index (χ4n) is 1.87. The average molecular weight is 294 g/mol. The van der Waals surface area contributed by atoms with Gasteiger partial charge in [0.05, 0.1) is 7.11 Å². The second-order valence-corrected chi connectivity index (χ2v) is 5.58. The van der Waals surface area contributed by atoms with Crippen LogP contribution in [0.2, 0.25) is 0 Å². The summed E-state index contributed by atoms with van der Waals surface area (Å²) >= 11 is 1.48. The first kappa shape index (κ1) is 14.5. The lowest BCUT2D eigenvalue weighted by atomic mass is 10.2. The van der Waals surface area contributed by atoms with Crippen LogP contribution in [0.1, 0.15) is 25.5 Å². The normalized spacial score (nSPS) is 11.0. The highest BCUT2D eigenvalue weighted by atomic mass is 32.2. The first-order valence-corrected chi connectivity index (χ1v) is 7.23. The maximum absolute atomic E-state index is 11.7. The summed E-state index contributed by atoms with van der Waals surface area (Å²) in [4.78, 5) is 11.7. The van der Waals surface area contributed by atoms with E-state index in [1.165, 1.54) is 11.8 Å². The third kappa shape index (κ3) is 2.98. The highest BCUT2D eigenvalue weighted by Gasteiger charge is 2.13. The summed E-state index contributed by atoms with van der Waals surface area (Å²) < 4.78 is 6.94. The molecule has 20 heavy (non-hydrogen) atoms. The van der Waals surface area contributed by atoms with Crippen LogP contribution in [0.5, 0.6) is 5.75 Å². The van der Waals surface area contributed by atoms with Crippen LogP contribution in [0.25, 0.3) is 0 Å². The largest absolute Gasteiger partial charge is 0.496 e. The molecular weight excluding hydrogens is 276 g/mol. The van der Waals surface area contributed by atoms with Crippen LogP contribution in [0, 0.1) is 0 Å². The molecule has 1 aromatic heterocycles. The number of ether oxygens (including phenoxy) is 1. The number of nitrogens with two attached hydrogens (primary N) is 1. The molecule has 2 rings (SSSR count). The number of hydrogen-bond acceptors (Lipinski definition) is 5. The Bertz CT molecular complexity index is 648. The lowest BCUT2D eigenvalue weighted by molar-refractivity contribution is 0.411. The fourth-order valence-corrected chi connectivity index (χ4v) is 2.94. The Kier molecular flexibility index (Phi) is 4.39. The van der Waals surface area contributed by atoms with Gasteiger partial charge in [-0.3, -0.25) is 4.57 Å². The Balaban J connectivity index is 2.19. The summed E-state index contributed by atoms with van der Waals surface area (Å²) in [5.74, 6) is 1.40. The Morgan fingerprint density at radius 3 is 2.90 bits per heavy atom. The quantitative estimate of drug-likeness (QED) is 0.651. The number of nitrogens with one attached hydrogen (secondary N) is 1. The minimum absolute atomic E-state index is 0.0667. The van der Waals surface area contributed by atoms with E-state index in [2.05, 4.69) is 10.2 Å². The topological polar surface area (TPSA) is 85.9 Å². The molecule has 0 aliphatic heterocycles. The van der Waals surface area contributed by atoms with Crippen LogP contribution >= 0.6 is 11.8 Å². The molecule has 0 atom stereocenters. The molecule has 2 aromatic rings. The number of thioether (sulfide) groups is 1. The zero-order valence-corrected chi connectivity index (χ0v) is 12.5. The molecule has 3 N–H and O–H groups in total. The predicted octanol–water partition coefficient (Wildman–Crippen LogP) is 2.04. The summed E-state index contributed by atoms with van der Waals surface area (Å²) in [6.07, 6.45) is 0. The van der Waals surface area contributed by atoms with E-state index in [4.69, 9.17) is 10.5 Å². The van der Waals surface area contributed by atoms with Gasteiger partial charge in [-0.15, -0.1) is 5.10 Å². The predicted molar refractivity (Wildman–Crippen MR) is 80.2 cm³/mol. The molecule has 0 radical (unpaired) electrons. The maximum Gasteiger partial charge on any atom is 0.344 e. The van der Waals surface area contributed by atoms with Gasteiger partial charge in [-0.2, -0.15) is 0 Å². The van der Waals surface area contributed by atoms with Crippen LogP contribution < -0.4 is 16.2 Å². The molecule has 1 aromatic carbocycles. The molecule has 0 bridgehead atoms. The minimum atomic E-state index is -0.188. The van der Waals surface area contributed by atoms with Crippen LogP contribution in [0.4, 0.5) is 5.69 Å². The zero-order chi connectivity index (χ0) is 14.7. The minimum Gasteiger partial charge on any atom is -0.496 e. The molecule has 0 fully saturated rings. The summed E-state index contributed by atoms with van der Waals surface area (Å²) in [5, 5.41) is 7.20. The molecule has 0 saturated heterocycles. The third-order valence-corrected chi connectivity index (χ3v) is 3.86. The van der Waals surface area contributed by atoms with Gasteiger partial charge in [0.25, 0.3) is 0 Å². The number of benzene rings is 1. The van der Waals surface area contributed by atoms with Crippen molar-refractivity contribution in [2.24, 2.45) is 0 Å². The summed E-state index contributed by atoms with van der Waals surface area (Å²) in [7, 11) is 1.61. The molecule has 0 aliphatic rings. The summed E-state index contributed by atoms with van der Waals surface area (Å²) in [6, 6.07) is 5.61. The van der Waals surface area contributed by atoms with Crippen LogP contribution in [-0.2, 0) is 5.75 Å². The standard InChI is InChI=1S/C13H18N4O2S/c1-8(2)17-12(18)15-16-13(17)20-7-9-4-5-10(14)6-11(9)19-3/h4-6,8H,7,14H2,1-3H3,(H,15,18). The van der Waals surface area contributed by atoms with Gasteiger partial charge in [0.2, 0.25) is 0 Å². The number of nitrogen functional groups attached to an aromatic ring is 1. The fraction of sp³-hybridized carbons (Fsp3) is 0.385. The smallest absolute Gasteiger partial charge is 0.344 e. The first-order chi connectivity index (χ1) is 9.52. The second kappa shape index (κ2) is 6.04. The van der Waals surface area contributed by atoms with Crippen molar-refractivity contribution in [3.8, 4) is 5.75 Å². The van der Waals surface area contributed by atoms with Crippen molar-refractivity contribution in [1.29, 1.82) is 0 Å². The van der Waals surface area contributed by atoms with Gasteiger partial charge in [0, 0.05) is 29.1 Å². The maximum atomic E-state index is 11.7. The Morgan fingerprint density at radius 2 is 2.25 bits per heavy atom. The average Bonchev–Trinajstić information content (AvgIpc) is 2.78. The van der Waals surface area contributed by atoms with Crippen molar-refractivity contribution in [1.82, 2.24) is 14.8 Å². The lowest BCUT2D eigenvalue weighted by Gasteiger charge is -2.10. The van der Waals surface area contributed by atoms with Gasteiger partial charge in [0.1, 0.15) is 5.75 Å². The first-order valence-electron chi connectivity index (χ1n) is 6.25. The van der Waals surface area contributed by atoms with Crippen molar-refractivity contribution in [2.75, 3.05) is 12.8 Å². The Morgan fingerprint density at radius 1 is 1.50 bits per heavy atom. The summed E-state index contributed by atoms with van der Waals surface area (Å²) in [5.41, 5.74) is 7.21. The van der Waals surface area contributed by atoms with E-state index in [0.717, 1.165) is 11.3 Å². The SMILES string of the molecule is COc1cc(N)ccc1CSc1n[nH]c(=O)n1C(C)C. The highest BCUT2D eigenvalue weighted by molar-refractivity contribution is 7.98. The number of nitrogens with zero attached hydrogens (tertiary/aromatic N) is 2. The van der Waals surface area contributed by atoms with E-state index in [0.29, 0.717) is 16.6 Å². The van der Waals surface area contributed by atoms with Crippen molar-refractivity contribution in [3.63, 3.8) is 0 Å². The van der Waals surface area contributed by atoms with E-state index < -0.39 is 0 Å². The van der Waals surface area contributed by atoms with Gasteiger partial charge in [-0.1, -0.05) is 17.8 Å². The molecule has 7 heteroatoms. The lowest BCUT2D eigenvalue weighted by Crippen LogP contribution is -2.19.